The highest BCUT2D eigenvalue weighted by Crippen LogP contribution is 2.27. The molecule has 0 atom stereocenters. The molecule has 0 aliphatic carbocycles. The van der Waals surface area contributed by atoms with Crippen LogP contribution in [0.5, 0.6) is 11.5 Å². The first-order chi connectivity index (χ1) is 16.7. The summed E-state index contributed by atoms with van der Waals surface area (Å²) in [5.74, 6) is 0.881. The smallest absolute Gasteiger partial charge is 0.243 e. The van der Waals surface area contributed by atoms with Gasteiger partial charge in [0.05, 0.1) is 25.7 Å². The minimum atomic E-state index is -3.87. The molecule has 0 fully saturated rings. The van der Waals surface area contributed by atoms with Crippen LogP contribution in [0.15, 0.2) is 71.6 Å². The Labute approximate surface area is 207 Å². The highest BCUT2D eigenvalue weighted by molar-refractivity contribution is 7.89. The van der Waals surface area contributed by atoms with Crippen LogP contribution >= 0.6 is 0 Å². The average Bonchev–Trinajstić information content (AvgIpc) is 2.85. The molecule has 0 radical (unpaired) electrons. The number of methoxy groups -OCH3 is 2. The van der Waals surface area contributed by atoms with Crippen molar-refractivity contribution >= 4 is 15.9 Å². The van der Waals surface area contributed by atoms with E-state index < -0.39 is 10.0 Å². The number of hydrogen-bond acceptors (Lipinski definition) is 5. The SMILES string of the molecule is COc1ccc(CCNC(=O)CN(Cc2ccc(C)cc2)S(=O)(=O)c2ccc(C)cc2)cc1OC. The van der Waals surface area contributed by atoms with Crippen LogP contribution in [-0.4, -0.2) is 45.9 Å². The predicted molar refractivity (Wildman–Crippen MR) is 136 cm³/mol. The second kappa shape index (κ2) is 11.9. The first kappa shape index (κ1) is 26.2. The Hall–Kier alpha value is -3.36. The standard InChI is InChI=1S/C27H32N2O5S/c1-20-5-9-23(10-6-20)18-29(35(31,32)24-12-7-21(2)8-13-24)19-27(30)28-16-15-22-11-14-25(33-3)26(17-22)34-4/h5-14,17H,15-16,18-19H2,1-4H3,(H,28,30). The highest BCUT2D eigenvalue weighted by atomic mass is 32.2. The van der Waals surface area contributed by atoms with Crippen molar-refractivity contribution in [2.75, 3.05) is 27.3 Å². The van der Waals surface area contributed by atoms with Gasteiger partial charge in [-0.15, -0.1) is 0 Å². The van der Waals surface area contributed by atoms with E-state index in [0.717, 1.165) is 22.3 Å². The quantitative estimate of drug-likeness (QED) is 0.436. The summed E-state index contributed by atoms with van der Waals surface area (Å²) in [6.45, 7) is 4.04. The number of carbonyl (C=O) groups excluding carboxylic acids is 1. The third-order valence-electron chi connectivity index (χ3n) is 5.64. The number of hydrogen-bond donors (Lipinski definition) is 1. The van der Waals surface area contributed by atoms with E-state index in [1.54, 1.807) is 38.5 Å². The maximum absolute atomic E-state index is 13.4. The largest absolute Gasteiger partial charge is 0.493 e. The molecule has 0 bridgehead atoms. The van der Waals surface area contributed by atoms with E-state index in [9.17, 15) is 13.2 Å². The molecule has 3 rings (SSSR count). The number of amides is 1. The molecule has 7 nitrogen and oxygen atoms in total. The van der Waals surface area contributed by atoms with E-state index in [0.29, 0.717) is 24.5 Å². The molecule has 1 amide bonds. The van der Waals surface area contributed by atoms with Crippen LogP contribution in [0, 0.1) is 13.8 Å². The summed E-state index contributed by atoms with van der Waals surface area (Å²) in [6, 6.07) is 19.8. The van der Waals surface area contributed by atoms with E-state index in [-0.39, 0.29) is 23.9 Å². The summed E-state index contributed by atoms with van der Waals surface area (Å²) in [5, 5.41) is 2.84. The van der Waals surface area contributed by atoms with E-state index >= 15 is 0 Å². The summed E-state index contributed by atoms with van der Waals surface area (Å²) < 4.78 is 38.6. The van der Waals surface area contributed by atoms with Gasteiger partial charge in [-0.1, -0.05) is 53.6 Å². The van der Waals surface area contributed by atoms with Gasteiger partial charge in [-0.05, 0) is 55.7 Å². The van der Waals surface area contributed by atoms with Crippen molar-refractivity contribution in [1.82, 2.24) is 9.62 Å². The van der Waals surface area contributed by atoms with Crippen LogP contribution in [0.1, 0.15) is 22.3 Å². The van der Waals surface area contributed by atoms with Crippen LogP contribution < -0.4 is 14.8 Å². The van der Waals surface area contributed by atoms with Gasteiger partial charge in [0.15, 0.2) is 11.5 Å². The van der Waals surface area contributed by atoms with Crippen LogP contribution in [0.2, 0.25) is 0 Å². The van der Waals surface area contributed by atoms with Crippen molar-refractivity contribution in [3.63, 3.8) is 0 Å². The second-order valence-corrected chi connectivity index (χ2v) is 10.3. The van der Waals surface area contributed by atoms with Crippen molar-refractivity contribution in [3.05, 3.63) is 89.0 Å². The van der Waals surface area contributed by atoms with E-state index in [1.807, 2.05) is 56.3 Å². The zero-order chi connectivity index (χ0) is 25.4. The zero-order valence-corrected chi connectivity index (χ0v) is 21.4. The number of rotatable bonds is 11. The Bertz CT molecular complexity index is 1240. The van der Waals surface area contributed by atoms with Gasteiger partial charge >= 0.3 is 0 Å². The lowest BCUT2D eigenvalue weighted by Crippen LogP contribution is -2.40. The first-order valence-corrected chi connectivity index (χ1v) is 12.8. The molecule has 3 aromatic carbocycles. The average molecular weight is 497 g/mol. The second-order valence-electron chi connectivity index (χ2n) is 8.36. The van der Waals surface area contributed by atoms with Crippen molar-refractivity contribution in [1.29, 1.82) is 0 Å². The number of nitrogens with one attached hydrogen (secondary N) is 1. The molecule has 0 aliphatic heterocycles. The maximum atomic E-state index is 13.4. The summed E-state index contributed by atoms with van der Waals surface area (Å²) in [4.78, 5) is 12.9. The Morgan fingerprint density at radius 3 is 2.00 bits per heavy atom. The lowest BCUT2D eigenvalue weighted by atomic mass is 10.1. The minimum Gasteiger partial charge on any atom is -0.493 e. The molecular weight excluding hydrogens is 464 g/mol. The van der Waals surface area contributed by atoms with Crippen molar-refractivity contribution in [2.24, 2.45) is 0 Å². The normalized spacial score (nSPS) is 11.3. The third-order valence-corrected chi connectivity index (χ3v) is 7.45. The summed E-state index contributed by atoms with van der Waals surface area (Å²) in [6.07, 6.45) is 0.564. The lowest BCUT2D eigenvalue weighted by Gasteiger charge is -2.22. The van der Waals surface area contributed by atoms with Crippen molar-refractivity contribution in [3.8, 4) is 11.5 Å². The molecule has 35 heavy (non-hydrogen) atoms. The fourth-order valence-electron chi connectivity index (χ4n) is 3.58. The highest BCUT2D eigenvalue weighted by Gasteiger charge is 2.27. The number of benzene rings is 3. The Morgan fingerprint density at radius 2 is 1.40 bits per heavy atom. The van der Waals surface area contributed by atoms with E-state index in [2.05, 4.69) is 5.32 Å². The topological polar surface area (TPSA) is 84.9 Å². The number of aryl methyl sites for hydroxylation is 2. The Kier molecular flexibility index (Phi) is 8.89. The molecule has 0 saturated carbocycles. The van der Waals surface area contributed by atoms with Crippen LogP contribution in [0.25, 0.3) is 0 Å². The van der Waals surface area contributed by atoms with Crippen LogP contribution in [-0.2, 0) is 27.8 Å². The monoisotopic (exact) mass is 496 g/mol. The number of carbonyl (C=O) groups is 1. The molecule has 0 aliphatic rings. The van der Waals surface area contributed by atoms with Gasteiger partial charge in [0.1, 0.15) is 0 Å². The van der Waals surface area contributed by atoms with E-state index in [1.165, 1.54) is 4.31 Å². The van der Waals surface area contributed by atoms with Gasteiger partial charge in [-0.25, -0.2) is 8.42 Å². The van der Waals surface area contributed by atoms with Gasteiger partial charge in [-0.2, -0.15) is 4.31 Å². The molecule has 0 saturated heterocycles. The molecule has 8 heteroatoms. The fraction of sp³-hybridized carbons (Fsp3) is 0.296. The third kappa shape index (κ3) is 7.07. The van der Waals surface area contributed by atoms with Gasteiger partial charge in [0, 0.05) is 13.1 Å². The van der Waals surface area contributed by atoms with Crippen LogP contribution in [0.3, 0.4) is 0 Å². The molecule has 0 heterocycles. The molecule has 1 N–H and O–H groups in total. The summed E-state index contributed by atoms with van der Waals surface area (Å²) in [7, 11) is -0.729. The molecule has 0 spiro atoms. The zero-order valence-electron chi connectivity index (χ0n) is 20.6. The van der Waals surface area contributed by atoms with Crippen LogP contribution in [0.4, 0.5) is 0 Å². The van der Waals surface area contributed by atoms with Gasteiger partial charge in [0.2, 0.25) is 15.9 Å². The summed E-state index contributed by atoms with van der Waals surface area (Å²) >= 11 is 0. The number of ether oxygens (including phenoxy) is 2. The number of sulfonamides is 1. The van der Waals surface area contributed by atoms with Gasteiger partial charge in [0.25, 0.3) is 0 Å². The van der Waals surface area contributed by atoms with E-state index in [4.69, 9.17) is 9.47 Å². The molecule has 0 unspecified atom stereocenters. The Morgan fingerprint density at radius 1 is 0.829 bits per heavy atom. The maximum Gasteiger partial charge on any atom is 0.243 e. The van der Waals surface area contributed by atoms with Gasteiger partial charge in [-0.3, -0.25) is 4.79 Å². The molecular formula is C27H32N2O5S. The van der Waals surface area contributed by atoms with Crippen molar-refractivity contribution in [2.45, 2.75) is 31.7 Å². The molecule has 3 aromatic rings. The fourth-order valence-corrected chi connectivity index (χ4v) is 4.97. The van der Waals surface area contributed by atoms with Crippen molar-refractivity contribution < 1.29 is 22.7 Å². The predicted octanol–water partition coefficient (Wildman–Crippen LogP) is 3.87. The molecule has 186 valence electrons. The van der Waals surface area contributed by atoms with Gasteiger partial charge < -0.3 is 14.8 Å². The Balaban J connectivity index is 1.71. The minimum absolute atomic E-state index is 0.0968. The first-order valence-electron chi connectivity index (χ1n) is 11.3. The molecule has 0 aromatic heterocycles. The summed E-state index contributed by atoms with van der Waals surface area (Å²) in [5.41, 5.74) is 3.81. The lowest BCUT2D eigenvalue weighted by molar-refractivity contribution is -0.121. The number of nitrogens with zero attached hydrogens (tertiary/aromatic N) is 1.